The van der Waals surface area contributed by atoms with Gasteiger partial charge in [-0.1, -0.05) is 17.7 Å². The zero-order valence-electron chi connectivity index (χ0n) is 18.2. The van der Waals surface area contributed by atoms with Gasteiger partial charge in [0.15, 0.2) is 5.13 Å². The van der Waals surface area contributed by atoms with Gasteiger partial charge in [-0.3, -0.25) is 4.79 Å². The van der Waals surface area contributed by atoms with Crippen molar-refractivity contribution in [1.29, 1.82) is 0 Å². The van der Waals surface area contributed by atoms with Crippen molar-refractivity contribution in [2.45, 2.75) is 37.6 Å². The maximum Gasteiger partial charge on any atom is 0.244 e. The number of nitrogens with zero attached hydrogens (tertiary/aromatic N) is 2. The average molecular weight is 472 g/mol. The summed E-state index contributed by atoms with van der Waals surface area (Å²) in [5.41, 5.74) is 3.63. The van der Waals surface area contributed by atoms with Crippen molar-refractivity contribution >= 4 is 32.4 Å². The number of carbonyl (C=O) groups excluding carboxylic acids is 1. The Hall–Kier alpha value is -2.75. The number of amides is 1. The van der Waals surface area contributed by atoms with Crippen LogP contribution in [-0.2, 0) is 14.8 Å². The minimum Gasteiger partial charge on any atom is -0.496 e. The van der Waals surface area contributed by atoms with Gasteiger partial charge < -0.3 is 10.1 Å². The minimum absolute atomic E-state index is 0.203. The fraction of sp³-hybridized carbons (Fsp3) is 0.304. The van der Waals surface area contributed by atoms with Crippen molar-refractivity contribution in [2.75, 3.05) is 19.0 Å². The molecule has 1 aromatic heterocycles. The van der Waals surface area contributed by atoms with Gasteiger partial charge >= 0.3 is 0 Å². The van der Waals surface area contributed by atoms with Crippen molar-refractivity contribution in [3.8, 4) is 17.0 Å². The van der Waals surface area contributed by atoms with E-state index in [-0.39, 0.29) is 10.8 Å². The van der Waals surface area contributed by atoms with Crippen LogP contribution in [0.1, 0.15) is 24.0 Å². The Labute approximate surface area is 192 Å². The topological polar surface area (TPSA) is 88.6 Å². The molecule has 3 aromatic rings. The average Bonchev–Trinajstić information content (AvgIpc) is 3.44. The molecule has 0 saturated carbocycles. The first-order valence-electron chi connectivity index (χ1n) is 10.3. The number of thiazole rings is 1. The smallest absolute Gasteiger partial charge is 0.244 e. The molecule has 1 atom stereocenters. The first-order valence-corrected chi connectivity index (χ1v) is 12.6. The molecule has 1 aliphatic rings. The van der Waals surface area contributed by atoms with E-state index < -0.39 is 16.1 Å². The normalized spacial score (nSPS) is 16.8. The van der Waals surface area contributed by atoms with E-state index in [2.05, 4.69) is 10.3 Å². The van der Waals surface area contributed by atoms with Gasteiger partial charge in [0.2, 0.25) is 15.9 Å². The molecule has 2 aromatic carbocycles. The predicted molar refractivity (Wildman–Crippen MR) is 126 cm³/mol. The minimum atomic E-state index is -3.75. The lowest BCUT2D eigenvalue weighted by Gasteiger charge is -2.23. The fourth-order valence-electron chi connectivity index (χ4n) is 3.83. The van der Waals surface area contributed by atoms with Crippen LogP contribution in [0, 0.1) is 13.8 Å². The largest absolute Gasteiger partial charge is 0.496 e. The molecule has 7 nitrogen and oxygen atoms in total. The Morgan fingerprint density at radius 2 is 1.94 bits per heavy atom. The predicted octanol–water partition coefficient (Wildman–Crippen LogP) is 4.23. The number of anilines is 1. The Balaban J connectivity index is 1.50. The van der Waals surface area contributed by atoms with Crippen LogP contribution in [0.25, 0.3) is 11.3 Å². The summed E-state index contributed by atoms with van der Waals surface area (Å²) in [6.07, 6.45) is 1.12. The van der Waals surface area contributed by atoms with Crippen LogP contribution in [0.4, 0.5) is 5.13 Å². The molecule has 0 spiro atoms. The fourth-order valence-corrected chi connectivity index (χ4v) is 6.20. The summed E-state index contributed by atoms with van der Waals surface area (Å²) in [5.74, 6) is 0.443. The van der Waals surface area contributed by atoms with E-state index in [0.29, 0.717) is 24.5 Å². The third kappa shape index (κ3) is 4.41. The summed E-state index contributed by atoms with van der Waals surface area (Å²) in [7, 11) is -2.12. The highest BCUT2D eigenvalue weighted by Gasteiger charge is 2.39. The van der Waals surface area contributed by atoms with E-state index >= 15 is 0 Å². The molecular formula is C23H25N3O4S2. The number of nitrogens with one attached hydrogen (secondary N) is 1. The number of sulfonamides is 1. The van der Waals surface area contributed by atoms with Gasteiger partial charge in [-0.25, -0.2) is 13.4 Å². The molecule has 4 rings (SSSR count). The highest BCUT2D eigenvalue weighted by molar-refractivity contribution is 7.89. The number of methoxy groups -OCH3 is 1. The first kappa shape index (κ1) is 22.4. The summed E-state index contributed by atoms with van der Waals surface area (Å²) >= 11 is 1.31. The maximum absolute atomic E-state index is 13.1. The SMILES string of the molecule is COc1ccc(-c2csc(NC(=O)C3CCCN3S(=O)(=O)c3ccc(C)cc3)n2)cc1C. The van der Waals surface area contributed by atoms with Gasteiger partial charge in [0.1, 0.15) is 11.8 Å². The number of rotatable bonds is 6. The van der Waals surface area contributed by atoms with Crippen LogP contribution < -0.4 is 10.1 Å². The molecule has 1 aliphatic heterocycles. The van der Waals surface area contributed by atoms with Crippen molar-refractivity contribution in [3.05, 3.63) is 59.0 Å². The van der Waals surface area contributed by atoms with Crippen LogP contribution in [-0.4, -0.2) is 43.3 Å². The standard InChI is InChI=1S/C23H25N3O4S2/c1-15-6-9-18(10-7-15)32(28,29)26-12-4-5-20(26)22(27)25-23-24-19(14-31-23)17-8-11-21(30-3)16(2)13-17/h6-11,13-14,20H,4-5,12H2,1-3H3,(H,24,25,27). The number of ether oxygens (including phenoxy) is 1. The molecular weight excluding hydrogens is 446 g/mol. The van der Waals surface area contributed by atoms with Crippen molar-refractivity contribution in [2.24, 2.45) is 0 Å². The zero-order chi connectivity index (χ0) is 22.9. The zero-order valence-corrected chi connectivity index (χ0v) is 19.8. The van der Waals surface area contributed by atoms with E-state index in [0.717, 1.165) is 28.1 Å². The molecule has 1 saturated heterocycles. The molecule has 1 N–H and O–H groups in total. The van der Waals surface area contributed by atoms with Crippen LogP contribution in [0.2, 0.25) is 0 Å². The van der Waals surface area contributed by atoms with Crippen molar-refractivity contribution in [1.82, 2.24) is 9.29 Å². The molecule has 32 heavy (non-hydrogen) atoms. The molecule has 0 aliphatic carbocycles. The molecule has 0 radical (unpaired) electrons. The van der Waals surface area contributed by atoms with Crippen LogP contribution in [0.15, 0.2) is 52.7 Å². The second kappa shape index (κ2) is 9.01. The van der Waals surface area contributed by atoms with E-state index in [1.807, 2.05) is 37.4 Å². The third-order valence-corrected chi connectivity index (χ3v) is 8.24. The van der Waals surface area contributed by atoms with Gasteiger partial charge in [0, 0.05) is 17.5 Å². The lowest BCUT2D eigenvalue weighted by molar-refractivity contribution is -0.119. The molecule has 1 amide bonds. The Bertz CT molecular complexity index is 1240. The molecule has 1 fully saturated rings. The molecule has 168 valence electrons. The summed E-state index contributed by atoms with van der Waals surface area (Å²) < 4.78 is 32.8. The number of aromatic nitrogens is 1. The van der Waals surface area contributed by atoms with E-state index in [1.165, 1.54) is 15.6 Å². The molecule has 2 heterocycles. The highest BCUT2D eigenvalue weighted by atomic mass is 32.2. The second-order valence-electron chi connectivity index (χ2n) is 7.80. The van der Waals surface area contributed by atoms with Gasteiger partial charge in [-0.05, 0) is 62.6 Å². The van der Waals surface area contributed by atoms with Crippen molar-refractivity contribution < 1.29 is 17.9 Å². The molecule has 1 unspecified atom stereocenters. The number of carbonyl (C=O) groups is 1. The van der Waals surface area contributed by atoms with Crippen LogP contribution in [0.3, 0.4) is 0 Å². The summed E-state index contributed by atoms with van der Waals surface area (Å²) in [6.45, 7) is 4.18. The summed E-state index contributed by atoms with van der Waals surface area (Å²) in [6, 6.07) is 11.7. The van der Waals surface area contributed by atoms with E-state index in [4.69, 9.17) is 4.74 Å². The number of hydrogen-bond donors (Lipinski definition) is 1. The summed E-state index contributed by atoms with van der Waals surface area (Å²) in [5, 5.41) is 5.12. The number of benzene rings is 2. The lowest BCUT2D eigenvalue weighted by atomic mass is 10.1. The number of hydrogen-bond acceptors (Lipinski definition) is 6. The van der Waals surface area contributed by atoms with Crippen LogP contribution >= 0.6 is 11.3 Å². The monoisotopic (exact) mass is 471 g/mol. The van der Waals surface area contributed by atoms with E-state index in [1.54, 1.807) is 31.4 Å². The molecule has 9 heteroatoms. The van der Waals surface area contributed by atoms with E-state index in [9.17, 15) is 13.2 Å². The van der Waals surface area contributed by atoms with Gasteiger partial charge in [0.25, 0.3) is 0 Å². The van der Waals surface area contributed by atoms with Gasteiger partial charge in [0.05, 0.1) is 17.7 Å². The van der Waals surface area contributed by atoms with Gasteiger partial charge in [-0.15, -0.1) is 11.3 Å². The number of aryl methyl sites for hydroxylation is 2. The maximum atomic E-state index is 13.1. The van der Waals surface area contributed by atoms with Crippen LogP contribution in [0.5, 0.6) is 5.75 Å². The third-order valence-electron chi connectivity index (χ3n) is 5.56. The van der Waals surface area contributed by atoms with Gasteiger partial charge in [-0.2, -0.15) is 4.31 Å². The lowest BCUT2D eigenvalue weighted by Crippen LogP contribution is -2.43. The second-order valence-corrected chi connectivity index (χ2v) is 10.5. The highest BCUT2D eigenvalue weighted by Crippen LogP contribution is 2.30. The quantitative estimate of drug-likeness (QED) is 0.581. The molecule has 0 bridgehead atoms. The summed E-state index contributed by atoms with van der Waals surface area (Å²) in [4.78, 5) is 17.7. The Kier molecular flexibility index (Phi) is 6.32. The first-order chi connectivity index (χ1) is 15.3. The van der Waals surface area contributed by atoms with Crippen molar-refractivity contribution in [3.63, 3.8) is 0 Å². The Morgan fingerprint density at radius 3 is 2.62 bits per heavy atom. The Morgan fingerprint density at radius 1 is 1.19 bits per heavy atom.